The van der Waals surface area contributed by atoms with E-state index in [4.69, 9.17) is 10.5 Å². The van der Waals surface area contributed by atoms with E-state index in [1.165, 1.54) is 49.7 Å². The van der Waals surface area contributed by atoms with Gasteiger partial charge in [0.15, 0.2) is 0 Å². The zero-order valence-corrected chi connectivity index (χ0v) is 22.2. The fourth-order valence-electron chi connectivity index (χ4n) is 7.36. The van der Waals surface area contributed by atoms with Crippen molar-refractivity contribution in [3.63, 3.8) is 0 Å². The minimum atomic E-state index is -0.542. The SMILES string of the molecule is C=C1CCC(OCCN)CC1=CC=C1CCC[C@]2(C)C(C(C)CCCC(C)(C)O)CC[C@@]12C. The number of hydrogen-bond acceptors (Lipinski definition) is 3. The average Bonchev–Trinajstić information content (AvgIpc) is 3.02. The Balaban J connectivity index is 1.73. The molecule has 3 heteroatoms. The predicted molar refractivity (Wildman–Crippen MR) is 140 cm³/mol. The number of nitrogens with two attached hydrogens (primary N) is 1. The van der Waals surface area contributed by atoms with Gasteiger partial charge in [0.25, 0.3) is 0 Å². The molecule has 0 aromatic rings. The maximum Gasteiger partial charge on any atom is 0.0619 e. The molecular formula is C30H51NO2. The highest BCUT2D eigenvalue weighted by molar-refractivity contribution is 5.37. The lowest BCUT2D eigenvalue weighted by molar-refractivity contribution is 0.0299. The first-order valence-corrected chi connectivity index (χ1v) is 13.6. The summed E-state index contributed by atoms with van der Waals surface area (Å²) in [5, 5.41) is 10.1. The lowest BCUT2D eigenvalue weighted by Gasteiger charge is -2.51. The third-order valence-electron chi connectivity index (χ3n) is 9.65. The van der Waals surface area contributed by atoms with E-state index in [0.717, 1.165) is 43.9 Å². The second-order valence-electron chi connectivity index (χ2n) is 12.4. The summed E-state index contributed by atoms with van der Waals surface area (Å²) in [4.78, 5) is 0. The standard InChI is InChI=1S/C30H51NO2/c1-22-11-14-26(33-20-19-31)21-24(22)12-13-25-10-8-17-30(6)27(15-18-29(25,30)5)23(2)9-7-16-28(3,4)32/h12-13,23,26-27,32H,1,7-11,14-21,31H2,2-6H3/t23?,26?,27?,29-,30+/m0/s1. The fourth-order valence-corrected chi connectivity index (χ4v) is 7.36. The number of hydrogen-bond donors (Lipinski definition) is 2. The average molecular weight is 458 g/mol. The smallest absolute Gasteiger partial charge is 0.0619 e. The molecule has 3 aliphatic rings. The van der Waals surface area contributed by atoms with Crippen LogP contribution in [0.3, 0.4) is 0 Å². The molecule has 0 aliphatic heterocycles. The molecule has 3 N–H and O–H groups in total. The Morgan fingerprint density at radius 2 is 1.97 bits per heavy atom. The van der Waals surface area contributed by atoms with E-state index in [9.17, 15) is 5.11 Å². The van der Waals surface area contributed by atoms with Crippen molar-refractivity contribution >= 4 is 0 Å². The molecule has 5 atom stereocenters. The molecule has 3 nitrogen and oxygen atoms in total. The highest BCUT2D eigenvalue weighted by Crippen LogP contribution is 2.67. The third-order valence-corrected chi connectivity index (χ3v) is 9.65. The number of allylic oxidation sites excluding steroid dienone is 4. The molecule has 3 fully saturated rings. The van der Waals surface area contributed by atoms with Gasteiger partial charge in [-0.15, -0.1) is 0 Å². The normalized spacial score (nSPS) is 36.4. The minimum absolute atomic E-state index is 0.288. The molecule has 188 valence electrons. The lowest BCUT2D eigenvalue weighted by atomic mass is 9.53. The molecule has 0 bridgehead atoms. The van der Waals surface area contributed by atoms with Crippen LogP contribution in [0.25, 0.3) is 0 Å². The predicted octanol–water partition coefficient (Wildman–Crippen LogP) is 7.11. The van der Waals surface area contributed by atoms with Gasteiger partial charge in [0, 0.05) is 6.54 Å². The van der Waals surface area contributed by atoms with Crippen LogP contribution in [-0.2, 0) is 4.74 Å². The second kappa shape index (κ2) is 10.8. The highest BCUT2D eigenvalue weighted by atomic mass is 16.5. The molecule has 33 heavy (non-hydrogen) atoms. The van der Waals surface area contributed by atoms with E-state index >= 15 is 0 Å². The summed E-state index contributed by atoms with van der Waals surface area (Å²) in [6, 6.07) is 0. The Kier molecular flexibility index (Phi) is 8.73. The first kappa shape index (κ1) is 26.7. The van der Waals surface area contributed by atoms with Gasteiger partial charge in [0.2, 0.25) is 0 Å². The molecule has 0 saturated heterocycles. The first-order valence-electron chi connectivity index (χ1n) is 13.6. The number of rotatable bonds is 9. The summed E-state index contributed by atoms with van der Waals surface area (Å²) in [6.07, 6.45) is 18.0. The van der Waals surface area contributed by atoms with Crippen molar-refractivity contribution in [2.24, 2.45) is 28.4 Å². The summed E-state index contributed by atoms with van der Waals surface area (Å²) in [5.74, 6) is 1.50. The highest BCUT2D eigenvalue weighted by Gasteiger charge is 2.57. The zero-order valence-electron chi connectivity index (χ0n) is 22.2. The largest absolute Gasteiger partial charge is 0.390 e. The van der Waals surface area contributed by atoms with E-state index in [1.807, 2.05) is 13.8 Å². The van der Waals surface area contributed by atoms with Crippen molar-refractivity contribution in [3.8, 4) is 0 Å². The number of ether oxygens (including phenoxy) is 1. The van der Waals surface area contributed by atoms with Crippen molar-refractivity contribution in [2.45, 2.75) is 117 Å². The Morgan fingerprint density at radius 1 is 1.21 bits per heavy atom. The van der Waals surface area contributed by atoms with E-state index in [2.05, 4.69) is 39.5 Å². The van der Waals surface area contributed by atoms with Crippen LogP contribution in [0.15, 0.2) is 35.5 Å². The Labute approximate surface area is 203 Å². The number of fused-ring (bicyclic) bond motifs is 1. The van der Waals surface area contributed by atoms with E-state index < -0.39 is 5.60 Å². The summed E-state index contributed by atoms with van der Waals surface area (Å²) >= 11 is 0. The molecule has 0 amide bonds. The molecule has 0 aromatic carbocycles. The van der Waals surface area contributed by atoms with E-state index in [0.29, 0.717) is 24.0 Å². The van der Waals surface area contributed by atoms with Crippen molar-refractivity contribution in [3.05, 3.63) is 35.5 Å². The van der Waals surface area contributed by atoms with Gasteiger partial charge in [-0.05, 0) is 99.9 Å². The van der Waals surface area contributed by atoms with Crippen LogP contribution in [-0.4, -0.2) is 30.0 Å². The van der Waals surface area contributed by atoms with Crippen LogP contribution >= 0.6 is 0 Å². The van der Waals surface area contributed by atoms with Gasteiger partial charge >= 0.3 is 0 Å². The van der Waals surface area contributed by atoms with Crippen LogP contribution in [0.4, 0.5) is 0 Å². The van der Waals surface area contributed by atoms with Gasteiger partial charge in [0.05, 0.1) is 18.3 Å². The first-order chi connectivity index (χ1) is 15.5. The molecule has 3 unspecified atom stereocenters. The Bertz CT molecular complexity index is 745. The molecule has 0 spiro atoms. The molecule has 0 radical (unpaired) electrons. The second-order valence-corrected chi connectivity index (χ2v) is 12.4. The lowest BCUT2D eigenvalue weighted by Crippen LogP contribution is -2.43. The molecule has 3 saturated carbocycles. The van der Waals surface area contributed by atoms with Gasteiger partial charge in [-0.3, -0.25) is 0 Å². The van der Waals surface area contributed by atoms with Gasteiger partial charge in [-0.2, -0.15) is 0 Å². The van der Waals surface area contributed by atoms with Crippen molar-refractivity contribution in [1.29, 1.82) is 0 Å². The summed E-state index contributed by atoms with van der Waals surface area (Å²) < 4.78 is 5.96. The van der Waals surface area contributed by atoms with Crippen LogP contribution in [0.1, 0.15) is 105 Å². The Morgan fingerprint density at radius 3 is 2.67 bits per heavy atom. The summed E-state index contributed by atoms with van der Waals surface area (Å²) in [7, 11) is 0. The maximum absolute atomic E-state index is 10.1. The fraction of sp³-hybridized carbons (Fsp3) is 0.800. The molecule has 0 aromatic heterocycles. The monoisotopic (exact) mass is 457 g/mol. The third kappa shape index (κ3) is 6.03. The summed E-state index contributed by atoms with van der Waals surface area (Å²) in [6.45, 7) is 17.1. The topological polar surface area (TPSA) is 55.5 Å². The van der Waals surface area contributed by atoms with Crippen LogP contribution in [0.5, 0.6) is 0 Å². The quantitative estimate of drug-likeness (QED) is 0.388. The van der Waals surface area contributed by atoms with E-state index in [-0.39, 0.29) is 6.10 Å². The minimum Gasteiger partial charge on any atom is -0.390 e. The van der Waals surface area contributed by atoms with Crippen LogP contribution in [0, 0.1) is 22.7 Å². The van der Waals surface area contributed by atoms with Gasteiger partial charge in [0.1, 0.15) is 0 Å². The van der Waals surface area contributed by atoms with Gasteiger partial charge in [-0.25, -0.2) is 0 Å². The van der Waals surface area contributed by atoms with Gasteiger partial charge in [-0.1, -0.05) is 63.5 Å². The van der Waals surface area contributed by atoms with Crippen molar-refractivity contribution < 1.29 is 9.84 Å². The van der Waals surface area contributed by atoms with Gasteiger partial charge < -0.3 is 15.6 Å². The van der Waals surface area contributed by atoms with Crippen molar-refractivity contribution in [2.75, 3.05) is 13.2 Å². The Hall–Kier alpha value is -0.900. The van der Waals surface area contributed by atoms with Crippen LogP contribution in [0.2, 0.25) is 0 Å². The van der Waals surface area contributed by atoms with Crippen molar-refractivity contribution in [1.82, 2.24) is 0 Å². The molecule has 3 aliphatic carbocycles. The molecular weight excluding hydrogens is 406 g/mol. The summed E-state index contributed by atoms with van der Waals surface area (Å²) in [5.41, 5.74) is 10.1. The zero-order chi connectivity index (χ0) is 24.3. The van der Waals surface area contributed by atoms with Crippen LogP contribution < -0.4 is 5.73 Å². The maximum atomic E-state index is 10.1. The molecule has 3 rings (SSSR count). The molecule has 0 heterocycles. The number of aliphatic hydroxyl groups is 1. The van der Waals surface area contributed by atoms with E-state index in [1.54, 1.807) is 5.57 Å².